The number of rotatable bonds is 4. The normalized spacial score (nSPS) is 12.8. The second-order valence-electron chi connectivity index (χ2n) is 5.62. The van der Waals surface area contributed by atoms with Crippen molar-refractivity contribution in [2.45, 2.75) is 33.2 Å². The second-order valence-corrected chi connectivity index (χ2v) is 5.62. The van der Waals surface area contributed by atoms with Crippen LogP contribution in [0.1, 0.15) is 26.3 Å². The minimum atomic E-state index is -1.03. The number of carbonyl (C=O) groups excluding carboxylic acids is 1. The zero-order chi connectivity index (χ0) is 14.6. The molecular formula is C14H20N2O3. The predicted octanol–water partition coefficient (Wildman–Crippen LogP) is 1.43. The van der Waals surface area contributed by atoms with Crippen molar-refractivity contribution in [2.75, 3.05) is 5.73 Å². The molecular weight excluding hydrogens is 244 g/mol. The highest BCUT2D eigenvalue weighted by molar-refractivity contribution is 5.85. The van der Waals surface area contributed by atoms with Crippen LogP contribution in [0.2, 0.25) is 0 Å². The first-order valence-electron chi connectivity index (χ1n) is 6.07. The summed E-state index contributed by atoms with van der Waals surface area (Å²) in [6.45, 7) is 5.32. The number of amides is 1. The van der Waals surface area contributed by atoms with Crippen LogP contribution in [0.5, 0.6) is 0 Å². The maximum Gasteiger partial charge on any atom is 0.326 e. The lowest BCUT2D eigenvalue weighted by atomic mass is 9.86. The molecule has 0 saturated carbocycles. The van der Waals surface area contributed by atoms with Crippen molar-refractivity contribution in [1.29, 1.82) is 0 Å². The van der Waals surface area contributed by atoms with Gasteiger partial charge in [0, 0.05) is 5.69 Å². The van der Waals surface area contributed by atoms with Gasteiger partial charge in [0.2, 0.25) is 5.91 Å². The Balaban J connectivity index is 2.68. The van der Waals surface area contributed by atoms with E-state index in [0.29, 0.717) is 5.69 Å². The van der Waals surface area contributed by atoms with E-state index in [1.54, 1.807) is 45.0 Å². The molecule has 1 amide bonds. The fraction of sp³-hybridized carbons (Fsp3) is 0.429. The van der Waals surface area contributed by atoms with Gasteiger partial charge >= 0.3 is 5.97 Å². The molecule has 0 aliphatic heterocycles. The first-order valence-corrected chi connectivity index (χ1v) is 6.07. The van der Waals surface area contributed by atoms with Gasteiger partial charge in [-0.3, -0.25) is 4.79 Å². The molecule has 0 unspecified atom stereocenters. The molecule has 0 aromatic heterocycles. The third-order valence-electron chi connectivity index (χ3n) is 2.76. The summed E-state index contributed by atoms with van der Waals surface area (Å²) in [4.78, 5) is 23.0. The molecule has 5 nitrogen and oxygen atoms in total. The van der Waals surface area contributed by atoms with Gasteiger partial charge in [-0.1, -0.05) is 32.9 Å². The van der Waals surface area contributed by atoms with Crippen molar-refractivity contribution < 1.29 is 14.7 Å². The van der Waals surface area contributed by atoms with Gasteiger partial charge in [-0.25, -0.2) is 4.79 Å². The SMILES string of the molecule is CC(C)(C)[C@H](NC(=O)Cc1ccc(N)cc1)C(=O)O. The Bertz CT molecular complexity index is 461. The lowest BCUT2D eigenvalue weighted by Gasteiger charge is -2.27. The summed E-state index contributed by atoms with van der Waals surface area (Å²) in [6.07, 6.45) is 0.139. The molecule has 0 fully saturated rings. The number of nitrogen functional groups attached to an aromatic ring is 1. The van der Waals surface area contributed by atoms with Crippen LogP contribution in [-0.2, 0) is 16.0 Å². The lowest BCUT2D eigenvalue weighted by molar-refractivity contribution is -0.144. The minimum absolute atomic E-state index is 0.139. The highest BCUT2D eigenvalue weighted by atomic mass is 16.4. The van der Waals surface area contributed by atoms with Gasteiger partial charge < -0.3 is 16.2 Å². The molecule has 5 heteroatoms. The van der Waals surface area contributed by atoms with Crippen LogP contribution in [0.3, 0.4) is 0 Å². The molecule has 1 atom stereocenters. The Morgan fingerprint density at radius 3 is 2.21 bits per heavy atom. The summed E-state index contributed by atoms with van der Waals surface area (Å²) in [7, 11) is 0. The number of carbonyl (C=O) groups is 2. The van der Waals surface area contributed by atoms with E-state index < -0.39 is 17.4 Å². The van der Waals surface area contributed by atoms with Crippen LogP contribution in [-0.4, -0.2) is 23.0 Å². The Kier molecular flexibility index (Phi) is 4.53. The standard InChI is InChI=1S/C14H20N2O3/c1-14(2,3)12(13(18)19)16-11(17)8-9-4-6-10(15)7-5-9/h4-7,12H,8,15H2,1-3H3,(H,16,17)(H,18,19)/t12-/m1/s1. The number of nitrogens with one attached hydrogen (secondary N) is 1. The van der Waals surface area contributed by atoms with Crippen LogP contribution in [0.25, 0.3) is 0 Å². The monoisotopic (exact) mass is 264 g/mol. The maximum atomic E-state index is 11.9. The number of benzene rings is 1. The molecule has 0 radical (unpaired) electrons. The molecule has 104 valence electrons. The van der Waals surface area contributed by atoms with E-state index in [1.165, 1.54) is 0 Å². The Morgan fingerprint density at radius 2 is 1.79 bits per heavy atom. The first kappa shape index (κ1) is 15.0. The number of carboxylic acid groups (broad SMARTS) is 1. The average Bonchev–Trinajstić information content (AvgIpc) is 2.27. The first-order chi connectivity index (χ1) is 8.70. The topological polar surface area (TPSA) is 92.4 Å². The molecule has 0 aliphatic carbocycles. The summed E-state index contributed by atoms with van der Waals surface area (Å²) in [5, 5.41) is 11.7. The third kappa shape index (κ3) is 4.62. The molecule has 0 spiro atoms. The highest BCUT2D eigenvalue weighted by Crippen LogP contribution is 2.19. The average molecular weight is 264 g/mol. The molecule has 0 bridgehead atoms. The molecule has 0 saturated heterocycles. The number of anilines is 1. The Morgan fingerprint density at radius 1 is 1.26 bits per heavy atom. The highest BCUT2D eigenvalue weighted by Gasteiger charge is 2.32. The van der Waals surface area contributed by atoms with Gasteiger partial charge in [-0.2, -0.15) is 0 Å². The summed E-state index contributed by atoms with van der Waals surface area (Å²) in [6, 6.07) is 6.01. The van der Waals surface area contributed by atoms with Crippen molar-refractivity contribution in [2.24, 2.45) is 5.41 Å². The number of carboxylic acids is 1. The third-order valence-corrected chi connectivity index (χ3v) is 2.76. The summed E-state index contributed by atoms with van der Waals surface area (Å²) >= 11 is 0. The molecule has 1 aromatic carbocycles. The van der Waals surface area contributed by atoms with E-state index in [9.17, 15) is 9.59 Å². The van der Waals surface area contributed by atoms with Gasteiger partial charge in [0.05, 0.1) is 6.42 Å². The number of nitrogens with two attached hydrogens (primary N) is 1. The molecule has 1 rings (SSSR count). The predicted molar refractivity (Wildman–Crippen MR) is 73.6 cm³/mol. The van der Waals surface area contributed by atoms with E-state index in [4.69, 9.17) is 10.8 Å². The van der Waals surface area contributed by atoms with Gasteiger partial charge in [0.15, 0.2) is 0 Å². The second kappa shape index (κ2) is 5.73. The smallest absolute Gasteiger partial charge is 0.326 e. The van der Waals surface area contributed by atoms with Crippen LogP contribution < -0.4 is 11.1 Å². The molecule has 0 heterocycles. The lowest BCUT2D eigenvalue weighted by Crippen LogP contribution is -2.49. The minimum Gasteiger partial charge on any atom is -0.480 e. The molecule has 1 aromatic rings. The van der Waals surface area contributed by atoms with E-state index in [2.05, 4.69) is 5.32 Å². The van der Waals surface area contributed by atoms with Gasteiger partial charge in [0.1, 0.15) is 6.04 Å². The van der Waals surface area contributed by atoms with Crippen LogP contribution in [0.15, 0.2) is 24.3 Å². The summed E-state index contributed by atoms with van der Waals surface area (Å²) in [5.74, 6) is -1.34. The van der Waals surface area contributed by atoms with Gasteiger partial charge in [0.25, 0.3) is 0 Å². The van der Waals surface area contributed by atoms with Crippen LogP contribution >= 0.6 is 0 Å². The van der Waals surface area contributed by atoms with Gasteiger partial charge in [-0.05, 0) is 23.1 Å². The van der Waals surface area contributed by atoms with Crippen LogP contribution in [0.4, 0.5) is 5.69 Å². The van der Waals surface area contributed by atoms with Crippen molar-refractivity contribution >= 4 is 17.6 Å². The Hall–Kier alpha value is -2.04. The van der Waals surface area contributed by atoms with E-state index in [0.717, 1.165) is 5.56 Å². The maximum absolute atomic E-state index is 11.9. The molecule has 19 heavy (non-hydrogen) atoms. The zero-order valence-electron chi connectivity index (χ0n) is 11.4. The zero-order valence-corrected chi connectivity index (χ0v) is 11.4. The molecule has 4 N–H and O–H groups in total. The number of hydrogen-bond donors (Lipinski definition) is 3. The van der Waals surface area contributed by atoms with Gasteiger partial charge in [-0.15, -0.1) is 0 Å². The molecule has 0 aliphatic rings. The number of hydrogen-bond acceptors (Lipinski definition) is 3. The Labute approximate surface area is 112 Å². The fourth-order valence-corrected chi connectivity index (χ4v) is 1.68. The largest absolute Gasteiger partial charge is 0.480 e. The van der Waals surface area contributed by atoms with Crippen molar-refractivity contribution in [1.82, 2.24) is 5.32 Å². The van der Waals surface area contributed by atoms with Crippen molar-refractivity contribution in [3.63, 3.8) is 0 Å². The van der Waals surface area contributed by atoms with Crippen molar-refractivity contribution in [3.05, 3.63) is 29.8 Å². The van der Waals surface area contributed by atoms with E-state index in [-0.39, 0.29) is 12.3 Å². The van der Waals surface area contributed by atoms with Crippen LogP contribution in [0, 0.1) is 5.41 Å². The summed E-state index contributed by atoms with van der Waals surface area (Å²) in [5.41, 5.74) is 6.44. The van der Waals surface area contributed by atoms with E-state index in [1.807, 2.05) is 0 Å². The number of aliphatic carboxylic acids is 1. The summed E-state index contributed by atoms with van der Waals surface area (Å²) < 4.78 is 0. The van der Waals surface area contributed by atoms with E-state index >= 15 is 0 Å². The fourth-order valence-electron chi connectivity index (χ4n) is 1.68. The quantitative estimate of drug-likeness (QED) is 0.717. The van der Waals surface area contributed by atoms with Crippen molar-refractivity contribution in [3.8, 4) is 0 Å².